The molecule has 7 atom stereocenters. The van der Waals surface area contributed by atoms with E-state index >= 15 is 0 Å². The van der Waals surface area contributed by atoms with Gasteiger partial charge in [0.25, 0.3) is 0 Å². The number of rotatable bonds is 7. The summed E-state index contributed by atoms with van der Waals surface area (Å²) in [5.41, 5.74) is 0. The Labute approximate surface area is 117 Å². The van der Waals surface area contributed by atoms with Crippen LogP contribution in [0.4, 0.5) is 0 Å². The van der Waals surface area contributed by atoms with Crippen LogP contribution in [-0.2, 0) is 9.47 Å². The molecule has 0 aromatic rings. The van der Waals surface area contributed by atoms with Gasteiger partial charge >= 0.3 is 0 Å². The maximum atomic E-state index is 9.69. The van der Waals surface area contributed by atoms with Crippen LogP contribution in [0.25, 0.3) is 0 Å². The fourth-order valence-corrected chi connectivity index (χ4v) is 1.93. The molecule has 8 nitrogen and oxygen atoms in total. The number of hydrogen-bond acceptors (Lipinski definition) is 8. The molecule has 1 saturated heterocycles. The molecular formula is C12H24O8. The summed E-state index contributed by atoms with van der Waals surface area (Å²) in [6, 6.07) is 0. The minimum absolute atomic E-state index is 0.157. The molecule has 0 saturated carbocycles. The van der Waals surface area contributed by atoms with E-state index in [1.807, 2.05) is 0 Å². The van der Waals surface area contributed by atoms with Gasteiger partial charge < -0.3 is 40.1 Å². The Bertz CT molecular complexity index is 272. The molecule has 0 spiro atoms. The van der Waals surface area contributed by atoms with Crippen molar-refractivity contribution in [1.82, 2.24) is 0 Å². The third-order valence-electron chi connectivity index (χ3n) is 3.22. The summed E-state index contributed by atoms with van der Waals surface area (Å²) < 4.78 is 10.3. The highest BCUT2D eigenvalue weighted by molar-refractivity contribution is 4.88. The summed E-state index contributed by atoms with van der Waals surface area (Å²) in [6.07, 6.45) is -7.35. The van der Waals surface area contributed by atoms with E-state index in [0.29, 0.717) is 12.8 Å². The van der Waals surface area contributed by atoms with Crippen LogP contribution in [0.5, 0.6) is 0 Å². The molecule has 1 fully saturated rings. The largest absolute Gasteiger partial charge is 0.394 e. The summed E-state index contributed by atoms with van der Waals surface area (Å²) in [5, 5.41) is 56.5. The molecule has 6 N–H and O–H groups in total. The predicted octanol–water partition coefficient (Wildman–Crippen LogP) is -2.68. The van der Waals surface area contributed by atoms with Gasteiger partial charge in [-0.1, -0.05) is 0 Å². The van der Waals surface area contributed by atoms with E-state index in [9.17, 15) is 20.4 Å². The minimum Gasteiger partial charge on any atom is -0.394 e. The summed E-state index contributed by atoms with van der Waals surface area (Å²) in [6.45, 7) is 0.913. The van der Waals surface area contributed by atoms with E-state index in [-0.39, 0.29) is 6.61 Å². The predicted molar refractivity (Wildman–Crippen MR) is 66.6 cm³/mol. The smallest absolute Gasteiger partial charge is 0.186 e. The molecule has 0 aromatic carbocycles. The van der Waals surface area contributed by atoms with Crippen molar-refractivity contribution in [2.24, 2.45) is 0 Å². The van der Waals surface area contributed by atoms with Gasteiger partial charge in [-0.05, 0) is 19.8 Å². The number of aliphatic hydroxyl groups is 6. The van der Waals surface area contributed by atoms with E-state index in [4.69, 9.17) is 19.7 Å². The average molecular weight is 296 g/mol. The van der Waals surface area contributed by atoms with E-state index in [0.717, 1.165) is 0 Å². The molecule has 20 heavy (non-hydrogen) atoms. The fraction of sp³-hybridized carbons (Fsp3) is 1.00. The minimum atomic E-state index is -1.50. The topological polar surface area (TPSA) is 140 Å². The zero-order chi connectivity index (χ0) is 15.3. The first-order valence-corrected chi connectivity index (χ1v) is 6.65. The zero-order valence-electron chi connectivity index (χ0n) is 11.4. The van der Waals surface area contributed by atoms with Gasteiger partial charge in [-0.2, -0.15) is 0 Å². The molecule has 8 heteroatoms. The molecule has 0 amide bonds. The van der Waals surface area contributed by atoms with Crippen LogP contribution in [0.2, 0.25) is 0 Å². The molecule has 1 heterocycles. The Balaban J connectivity index is 2.42. The number of ether oxygens (including phenoxy) is 2. The van der Waals surface area contributed by atoms with Crippen molar-refractivity contribution >= 4 is 0 Å². The van der Waals surface area contributed by atoms with Crippen LogP contribution >= 0.6 is 0 Å². The monoisotopic (exact) mass is 296 g/mol. The Morgan fingerprint density at radius 3 is 2.25 bits per heavy atom. The Kier molecular flexibility index (Phi) is 7.27. The third-order valence-corrected chi connectivity index (χ3v) is 3.22. The highest BCUT2D eigenvalue weighted by Gasteiger charge is 2.44. The molecular weight excluding hydrogens is 272 g/mol. The van der Waals surface area contributed by atoms with E-state index < -0.39 is 49.5 Å². The number of hydrogen-bond donors (Lipinski definition) is 6. The van der Waals surface area contributed by atoms with Crippen LogP contribution < -0.4 is 0 Å². The van der Waals surface area contributed by atoms with Crippen LogP contribution in [0.3, 0.4) is 0 Å². The first-order valence-electron chi connectivity index (χ1n) is 6.65. The molecule has 1 aliphatic heterocycles. The molecule has 1 aliphatic rings. The van der Waals surface area contributed by atoms with Gasteiger partial charge in [0.15, 0.2) is 6.29 Å². The maximum Gasteiger partial charge on any atom is 0.186 e. The Morgan fingerprint density at radius 1 is 1.05 bits per heavy atom. The van der Waals surface area contributed by atoms with Gasteiger partial charge in [0.05, 0.1) is 25.4 Å². The van der Waals surface area contributed by atoms with Gasteiger partial charge in [-0.15, -0.1) is 0 Å². The SMILES string of the molecule is CC(O)CCC(O)COC1O[C@H](CO)[C@@H](O)[C@H](O)[C@H]1O. The van der Waals surface area contributed by atoms with Crippen molar-refractivity contribution in [2.45, 2.75) is 62.7 Å². The molecule has 1 rings (SSSR count). The van der Waals surface area contributed by atoms with Crippen molar-refractivity contribution in [2.75, 3.05) is 13.2 Å². The lowest BCUT2D eigenvalue weighted by Crippen LogP contribution is -2.59. The second kappa shape index (κ2) is 8.20. The molecule has 3 unspecified atom stereocenters. The van der Waals surface area contributed by atoms with Crippen molar-refractivity contribution in [3.8, 4) is 0 Å². The lowest BCUT2D eigenvalue weighted by Gasteiger charge is -2.39. The maximum absolute atomic E-state index is 9.69. The van der Waals surface area contributed by atoms with Gasteiger partial charge in [0.1, 0.15) is 24.4 Å². The first-order chi connectivity index (χ1) is 9.36. The van der Waals surface area contributed by atoms with Gasteiger partial charge in [-0.25, -0.2) is 0 Å². The fourth-order valence-electron chi connectivity index (χ4n) is 1.93. The molecule has 0 radical (unpaired) electrons. The Hall–Kier alpha value is -0.320. The van der Waals surface area contributed by atoms with Gasteiger partial charge in [-0.3, -0.25) is 0 Å². The molecule has 0 bridgehead atoms. The Morgan fingerprint density at radius 2 is 1.70 bits per heavy atom. The second-order valence-corrected chi connectivity index (χ2v) is 5.11. The molecule has 0 aromatic heterocycles. The highest BCUT2D eigenvalue weighted by atomic mass is 16.7. The van der Waals surface area contributed by atoms with E-state index in [1.54, 1.807) is 6.92 Å². The van der Waals surface area contributed by atoms with Gasteiger partial charge in [0, 0.05) is 0 Å². The lowest BCUT2D eigenvalue weighted by atomic mass is 9.99. The van der Waals surface area contributed by atoms with Crippen molar-refractivity contribution in [1.29, 1.82) is 0 Å². The van der Waals surface area contributed by atoms with Crippen molar-refractivity contribution in [3.63, 3.8) is 0 Å². The van der Waals surface area contributed by atoms with Crippen LogP contribution in [0.15, 0.2) is 0 Å². The molecule has 120 valence electrons. The summed E-state index contributed by atoms with van der Waals surface area (Å²) in [5.74, 6) is 0. The normalized spacial score (nSPS) is 37.6. The summed E-state index contributed by atoms with van der Waals surface area (Å²) in [7, 11) is 0. The van der Waals surface area contributed by atoms with Crippen molar-refractivity contribution in [3.05, 3.63) is 0 Å². The summed E-state index contributed by atoms with van der Waals surface area (Å²) in [4.78, 5) is 0. The van der Waals surface area contributed by atoms with Crippen molar-refractivity contribution < 1.29 is 40.1 Å². The lowest BCUT2D eigenvalue weighted by molar-refractivity contribution is -0.304. The van der Waals surface area contributed by atoms with Crippen LogP contribution in [0.1, 0.15) is 19.8 Å². The quantitative estimate of drug-likeness (QED) is 0.299. The third kappa shape index (κ3) is 4.90. The first kappa shape index (κ1) is 17.7. The molecule has 0 aliphatic carbocycles. The standard InChI is InChI=1S/C12H24O8/c1-6(14)2-3-7(15)5-19-12-11(18)10(17)9(16)8(4-13)20-12/h6-18H,2-5H2,1H3/t6?,7?,8-,9-,10+,11-,12?/m1/s1. The van der Waals surface area contributed by atoms with Crippen LogP contribution in [-0.4, -0.2) is 86.8 Å². The zero-order valence-corrected chi connectivity index (χ0v) is 11.4. The van der Waals surface area contributed by atoms with Crippen LogP contribution in [0, 0.1) is 0 Å². The number of aliphatic hydroxyl groups excluding tert-OH is 6. The van der Waals surface area contributed by atoms with Gasteiger partial charge in [0.2, 0.25) is 0 Å². The van der Waals surface area contributed by atoms with E-state index in [1.165, 1.54) is 0 Å². The summed E-state index contributed by atoms with van der Waals surface area (Å²) >= 11 is 0. The van der Waals surface area contributed by atoms with E-state index in [2.05, 4.69) is 0 Å². The average Bonchev–Trinajstić information content (AvgIpc) is 2.42. The second-order valence-electron chi connectivity index (χ2n) is 5.11. The highest BCUT2D eigenvalue weighted by Crippen LogP contribution is 2.22.